The Hall–Kier alpha value is -1.35. The Kier molecular flexibility index (Phi) is 3.83. The highest BCUT2D eigenvalue weighted by molar-refractivity contribution is 5.76. The minimum Gasteiger partial charge on any atom is -0.460 e. The molecule has 0 unspecified atom stereocenters. The molecule has 3 heteroatoms. The number of carbonyl (C=O) groups is 1. The summed E-state index contributed by atoms with van der Waals surface area (Å²) in [5, 5.41) is 3.45. The van der Waals surface area contributed by atoms with Gasteiger partial charge in [-0.25, -0.2) is 0 Å². The number of ether oxygens (including phenoxy) is 1. The lowest BCUT2D eigenvalue weighted by Crippen LogP contribution is -2.37. The number of hydrogen-bond acceptors (Lipinski definition) is 3. The van der Waals surface area contributed by atoms with E-state index in [0.29, 0.717) is 18.6 Å². The molecule has 1 aromatic carbocycles. The summed E-state index contributed by atoms with van der Waals surface area (Å²) in [6.07, 6.45) is 6.04. The van der Waals surface area contributed by atoms with E-state index < -0.39 is 0 Å². The highest BCUT2D eigenvalue weighted by atomic mass is 16.5. The molecule has 3 rings (SSSR count). The van der Waals surface area contributed by atoms with Crippen LogP contribution in [-0.4, -0.2) is 18.1 Å². The van der Waals surface area contributed by atoms with Crippen molar-refractivity contribution in [1.29, 1.82) is 0 Å². The number of carbonyl (C=O) groups excluding carboxylic acids is 1. The molecule has 3 atom stereocenters. The molecule has 0 aromatic heterocycles. The third-order valence-corrected chi connectivity index (χ3v) is 4.37. The van der Waals surface area contributed by atoms with E-state index in [1.807, 2.05) is 30.3 Å². The standard InChI is InChI=1S/C16H21NO2/c18-16(19-11-12-6-2-1-3-7-12)15-10-13-8-4-5-9-14(13)17-15/h1-3,6-7,13-15,17H,4-5,8-11H2/t13-,14-,15+/m1/s1. The number of esters is 1. The van der Waals surface area contributed by atoms with Crippen LogP contribution in [-0.2, 0) is 16.1 Å². The fourth-order valence-electron chi connectivity index (χ4n) is 3.33. The normalized spacial score (nSPS) is 29.8. The van der Waals surface area contributed by atoms with E-state index >= 15 is 0 Å². The number of benzene rings is 1. The van der Waals surface area contributed by atoms with Gasteiger partial charge in [0, 0.05) is 6.04 Å². The Bertz CT molecular complexity index is 418. The van der Waals surface area contributed by atoms with Gasteiger partial charge in [0.05, 0.1) is 0 Å². The Morgan fingerprint density at radius 2 is 2.00 bits per heavy atom. The molecule has 102 valence electrons. The van der Waals surface area contributed by atoms with E-state index in [4.69, 9.17) is 4.74 Å². The molecule has 3 nitrogen and oxygen atoms in total. The number of rotatable bonds is 3. The van der Waals surface area contributed by atoms with E-state index in [2.05, 4.69) is 5.32 Å². The Balaban J connectivity index is 1.51. The van der Waals surface area contributed by atoms with Crippen LogP contribution in [0.25, 0.3) is 0 Å². The highest BCUT2D eigenvalue weighted by Gasteiger charge is 2.38. The van der Waals surface area contributed by atoms with Gasteiger partial charge in [0.15, 0.2) is 0 Å². The summed E-state index contributed by atoms with van der Waals surface area (Å²) < 4.78 is 5.42. The lowest BCUT2D eigenvalue weighted by Gasteiger charge is -2.24. The molecule has 0 radical (unpaired) electrons. The maximum absolute atomic E-state index is 12.1. The van der Waals surface area contributed by atoms with E-state index in [1.54, 1.807) is 0 Å². The monoisotopic (exact) mass is 259 g/mol. The lowest BCUT2D eigenvalue weighted by atomic mass is 9.85. The lowest BCUT2D eigenvalue weighted by molar-refractivity contribution is -0.147. The fraction of sp³-hybridized carbons (Fsp3) is 0.562. The van der Waals surface area contributed by atoms with Crippen molar-refractivity contribution in [2.45, 2.75) is 50.8 Å². The minimum absolute atomic E-state index is 0.0850. The molecule has 0 amide bonds. The average Bonchev–Trinajstić information content (AvgIpc) is 2.90. The number of hydrogen-bond donors (Lipinski definition) is 1. The van der Waals surface area contributed by atoms with Crippen LogP contribution < -0.4 is 5.32 Å². The largest absolute Gasteiger partial charge is 0.460 e. The van der Waals surface area contributed by atoms with Crippen LogP contribution in [0.1, 0.15) is 37.7 Å². The predicted molar refractivity (Wildman–Crippen MR) is 73.5 cm³/mol. The fourth-order valence-corrected chi connectivity index (χ4v) is 3.33. The molecular formula is C16H21NO2. The van der Waals surface area contributed by atoms with Gasteiger partial charge in [-0.3, -0.25) is 4.79 Å². The molecule has 1 aliphatic carbocycles. The first-order valence-electron chi connectivity index (χ1n) is 7.29. The van der Waals surface area contributed by atoms with E-state index in [0.717, 1.165) is 12.0 Å². The Labute approximate surface area is 114 Å². The van der Waals surface area contributed by atoms with E-state index in [9.17, 15) is 4.79 Å². The van der Waals surface area contributed by atoms with Crippen LogP contribution in [0.3, 0.4) is 0 Å². The van der Waals surface area contributed by atoms with Gasteiger partial charge in [0.1, 0.15) is 12.6 Å². The molecule has 2 aliphatic rings. The summed E-state index contributed by atoms with van der Waals surface area (Å²) in [5.41, 5.74) is 1.05. The first-order chi connectivity index (χ1) is 9.33. The highest BCUT2D eigenvalue weighted by Crippen LogP contribution is 2.33. The van der Waals surface area contributed by atoms with Crippen molar-refractivity contribution in [3.05, 3.63) is 35.9 Å². The molecule has 1 saturated carbocycles. The molecule has 1 saturated heterocycles. The minimum atomic E-state index is -0.0863. The predicted octanol–water partition coefficient (Wildman–Crippen LogP) is 2.65. The second-order valence-corrected chi connectivity index (χ2v) is 5.70. The topological polar surface area (TPSA) is 38.3 Å². The molecule has 1 heterocycles. The van der Waals surface area contributed by atoms with Gasteiger partial charge in [-0.1, -0.05) is 43.2 Å². The van der Waals surface area contributed by atoms with Gasteiger partial charge >= 0.3 is 5.97 Å². The van der Waals surface area contributed by atoms with Crippen molar-refractivity contribution in [1.82, 2.24) is 5.32 Å². The Morgan fingerprint density at radius 3 is 2.79 bits per heavy atom. The molecule has 2 fully saturated rings. The van der Waals surface area contributed by atoms with Crippen molar-refractivity contribution in [3.63, 3.8) is 0 Å². The molecule has 0 bridgehead atoms. The van der Waals surface area contributed by atoms with E-state index in [-0.39, 0.29) is 12.0 Å². The zero-order valence-corrected chi connectivity index (χ0v) is 11.2. The third-order valence-electron chi connectivity index (χ3n) is 4.37. The molecule has 19 heavy (non-hydrogen) atoms. The maximum Gasteiger partial charge on any atom is 0.323 e. The molecule has 1 aromatic rings. The van der Waals surface area contributed by atoms with E-state index in [1.165, 1.54) is 25.7 Å². The molecular weight excluding hydrogens is 238 g/mol. The second-order valence-electron chi connectivity index (χ2n) is 5.70. The molecule has 0 spiro atoms. The van der Waals surface area contributed by atoms with Crippen molar-refractivity contribution in [3.8, 4) is 0 Å². The smallest absolute Gasteiger partial charge is 0.323 e. The second kappa shape index (κ2) is 5.74. The van der Waals surface area contributed by atoms with Crippen LogP contribution in [0.15, 0.2) is 30.3 Å². The van der Waals surface area contributed by atoms with Gasteiger partial charge in [-0.05, 0) is 30.7 Å². The van der Waals surface area contributed by atoms with Gasteiger partial charge in [-0.15, -0.1) is 0 Å². The number of fused-ring (bicyclic) bond motifs is 1. The quantitative estimate of drug-likeness (QED) is 0.848. The van der Waals surface area contributed by atoms with Gasteiger partial charge in [0.25, 0.3) is 0 Å². The summed E-state index contributed by atoms with van der Waals surface area (Å²) >= 11 is 0. The summed E-state index contributed by atoms with van der Waals surface area (Å²) in [6.45, 7) is 0.382. The van der Waals surface area contributed by atoms with Crippen LogP contribution in [0.4, 0.5) is 0 Å². The van der Waals surface area contributed by atoms with Crippen LogP contribution in [0.5, 0.6) is 0 Å². The van der Waals surface area contributed by atoms with Gasteiger partial charge in [-0.2, -0.15) is 0 Å². The summed E-state index contributed by atoms with van der Waals surface area (Å²) in [7, 11) is 0. The SMILES string of the molecule is O=C(OCc1ccccc1)[C@@H]1C[C@H]2CCCC[C@H]2N1. The molecule has 1 aliphatic heterocycles. The molecule has 1 N–H and O–H groups in total. The number of nitrogens with one attached hydrogen (secondary N) is 1. The summed E-state index contributed by atoms with van der Waals surface area (Å²) in [5.74, 6) is 0.598. The first-order valence-corrected chi connectivity index (χ1v) is 7.29. The zero-order chi connectivity index (χ0) is 13.1. The Morgan fingerprint density at radius 1 is 1.21 bits per heavy atom. The van der Waals surface area contributed by atoms with Crippen LogP contribution in [0, 0.1) is 5.92 Å². The van der Waals surface area contributed by atoms with Crippen molar-refractivity contribution in [2.75, 3.05) is 0 Å². The van der Waals surface area contributed by atoms with Crippen LogP contribution in [0.2, 0.25) is 0 Å². The van der Waals surface area contributed by atoms with Crippen LogP contribution >= 0.6 is 0 Å². The zero-order valence-electron chi connectivity index (χ0n) is 11.2. The summed E-state index contributed by atoms with van der Waals surface area (Å²) in [4.78, 5) is 12.1. The third kappa shape index (κ3) is 2.98. The van der Waals surface area contributed by atoms with Crippen molar-refractivity contribution >= 4 is 5.97 Å². The maximum atomic E-state index is 12.1. The van der Waals surface area contributed by atoms with Gasteiger partial charge in [0.2, 0.25) is 0 Å². The first kappa shape index (κ1) is 12.7. The average molecular weight is 259 g/mol. The van der Waals surface area contributed by atoms with Gasteiger partial charge < -0.3 is 10.1 Å². The van der Waals surface area contributed by atoms with Crippen molar-refractivity contribution in [2.24, 2.45) is 5.92 Å². The summed E-state index contributed by atoms with van der Waals surface area (Å²) in [6, 6.07) is 10.3. The van der Waals surface area contributed by atoms with Crippen molar-refractivity contribution < 1.29 is 9.53 Å².